The molecule has 0 N–H and O–H groups in total. The number of nitrogens with zero attached hydrogens (tertiary/aromatic N) is 2. The molecule has 0 spiro atoms. The van der Waals surface area contributed by atoms with Gasteiger partial charge in [-0.1, -0.05) is 13.8 Å². The van der Waals surface area contributed by atoms with Gasteiger partial charge in [0.2, 0.25) is 0 Å². The Morgan fingerprint density at radius 3 is 2.75 bits per heavy atom. The number of aryl methyl sites for hydroxylation is 2. The van der Waals surface area contributed by atoms with Gasteiger partial charge in [-0.05, 0) is 25.7 Å². The van der Waals surface area contributed by atoms with Crippen LogP contribution in [-0.2, 0) is 6.54 Å². The summed E-state index contributed by atoms with van der Waals surface area (Å²) in [6.07, 6.45) is 6.48. The van der Waals surface area contributed by atoms with Crippen molar-refractivity contribution in [3.8, 4) is 0 Å². The van der Waals surface area contributed by atoms with Crippen LogP contribution in [0.1, 0.15) is 32.5 Å². The molecule has 0 unspecified atom stereocenters. The molecule has 0 radical (unpaired) electrons. The summed E-state index contributed by atoms with van der Waals surface area (Å²) in [5, 5.41) is 0. The Bertz CT molecular complexity index is 225. The van der Waals surface area contributed by atoms with Gasteiger partial charge in [0.25, 0.3) is 0 Å². The fraction of sp³-hybridized carbons (Fsp3) is 0.700. The molecule has 1 rings (SSSR count). The van der Waals surface area contributed by atoms with E-state index in [1.54, 1.807) is 0 Å². The topological polar surface area (TPSA) is 17.8 Å². The summed E-state index contributed by atoms with van der Waals surface area (Å²) in [5.74, 6) is 1.94. The van der Waals surface area contributed by atoms with Crippen molar-refractivity contribution in [3.05, 3.63) is 18.2 Å². The van der Waals surface area contributed by atoms with Crippen LogP contribution in [0.2, 0.25) is 0 Å². The second kappa shape index (κ2) is 4.29. The lowest BCUT2D eigenvalue weighted by Crippen LogP contribution is -2.00. The number of rotatable bonds is 4. The molecule has 0 bridgehead atoms. The molecule has 2 nitrogen and oxygen atoms in total. The van der Waals surface area contributed by atoms with Crippen molar-refractivity contribution in [3.63, 3.8) is 0 Å². The van der Waals surface area contributed by atoms with Gasteiger partial charge in [-0.15, -0.1) is 0 Å². The molecule has 0 aliphatic rings. The number of hydrogen-bond acceptors (Lipinski definition) is 1. The van der Waals surface area contributed by atoms with E-state index < -0.39 is 0 Å². The van der Waals surface area contributed by atoms with E-state index in [9.17, 15) is 0 Å². The van der Waals surface area contributed by atoms with Gasteiger partial charge in [0.05, 0.1) is 0 Å². The molecule has 0 fully saturated rings. The van der Waals surface area contributed by atoms with Gasteiger partial charge < -0.3 is 4.57 Å². The van der Waals surface area contributed by atoms with E-state index in [2.05, 4.69) is 36.5 Å². The number of hydrogen-bond donors (Lipinski definition) is 0. The maximum Gasteiger partial charge on any atom is 0.105 e. The first-order valence-corrected chi connectivity index (χ1v) is 4.68. The van der Waals surface area contributed by atoms with Gasteiger partial charge >= 0.3 is 0 Å². The summed E-state index contributed by atoms with van der Waals surface area (Å²) in [5.41, 5.74) is 0. The minimum atomic E-state index is 0.814. The van der Waals surface area contributed by atoms with Crippen LogP contribution in [-0.4, -0.2) is 9.55 Å². The van der Waals surface area contributed by atoms with E-state index in [0.717, 1.165) is 18.3 Å². The molecule has 1 aromatic heterocycles. The minimum Gasteiger partial charge on any atom is -0.335 e. The molecule has 0 saturated carbocycles. The maximum absolute atomic E-state index is 4.18. The first-order valence-electron chi connectivity index (χ1n) is 4.68. The Morgan fingerprint density at radius 1 is 1.50 bits per heavy atom. The van der Waals surface area contributed by atoms with Crippen molar-refractivity contribution in [1.82, 2.24) is 9.55 Å². The lowest BCUT2D eigenvalue weighted by atomic mass is 10.1. The molecular weight excluding hydrogens is 148 g/mol. The predicted octanol–water partition coefficient (Wildman–Crippen LogP) is 2.63. The normalized spacial score (nSPS) is 11.0. The van der Waals surface area contributed by atoms with Gasteiger partial charge in [-0.25, -0.2) is 4.98 Å². The fourth-order valence-electron chi connectivity index (χ4n) is 1.31. The van der Waals surface area contributed by atoms with Crippen LogP contribution < -0.4 is 0 Å². The lowest BCUT2D eigenvalue weighted by molar-refractivity contribution is 0.507. The average Bonchev–Trinajstić information content (AvgIpc) is 2.36. The first kappa shape index (κ1) is 9.30. The quantitative estimate of drug-likeness (QED) is 0.672. The third kappa shape index (κ3) is 2.68. The molecule has 0 saturated heterocycles. The fourth-order valence-corrected chi connectivity index (χ4v) is 1.31. The Hall–Kier alpha value is -0.790. The third-order valence-corrected chi connectivity index (χ3v) is 2.10. The first-order chi connectivity index (χ1) is 5.70. The molecule has 2 heteroatoms. The van der Waals surface area contributed by atoms with Gasteiger partial charge in [0.1, 0.15) is 5.82 Å². The van der Waals surface area contributed by atoms with Crippen molar-refractivity contribution in [2.24, 2.45) is 5.92 Å². The molecule has 12 heavy (non-hydrogen) atoms. The second-order valence-electron chi connectivity index (χ2n) is 3.70. The summed E-state index contributed by atoms with van der Waals surface area (Å²) >= 11 is 0. The highest BCUT2D eigenvalue weighted by atomic mass is 15.0. The van der Waals surface area contributed by atoms with Crippen molar-refractivity contribution in [2.45, 2.75) is 40.2 Å². The zero-order valence-electron chi connectivity index (χ0n) is 8.25. The van der Waals surface area contributed by atoms with Crippen LogP contribution in [0.5, 0.6) is 0 Å². The standard InChI is InChI=1S/C10H18N2/c1-9(2)5-4-7-12-8-6-11-10(12)3/h6,8-9H,4-5,7H2,1-3H3. The largest absolute Gasteiger partial charge is 0.335 e. The van der Waals surface area contributed by atoms with Gasteiger partial charge in [0.15, 0.2) is 0 Å². The van der Waals surface area contributed by atoms with E-state index in [0.29, 0.717) is 0 Å². The molecule has 1 heterocycles. The van der Waals surface area contributed by atoms with Crippen LogP contribution >= 0.6 is 0 Å². The van der Waals surface area contributed by atoms with Crippen LogP contribution in [0.4, 0.5) is 0 Å². The molecule has 0 amide bonds. The van der Waals surface area contributed by atoms with Crippen molar-refractivity contribution >= 4 is 0 Å². The Balaban J connectivity index is 2.29. The number of imidazole rings is 1. The predicted molar refractivity (Wildman–Crippen MR) is 51.0 cm³/mol. The van der Waals surface area contributed by atoms with E-state index in [1.807, 2.05) is 6.20 Å². The Labute approximate surface area is 74.6 Å². The smallest absolute Gasteiger partial charge is 0.105 e. The lowest BCUT2D eigenvalue weighted by Gasteiger charge is -2.06. The zero-order valence-corrected chi connectivity index (χ0v) is 8.25. The minimum absolute atomic E-state index is 0.814. The van der Waals surface area contributed by atoms with Crippen LogP contribution in [0.15, 0.2) is 12.4 Å². The molecular formula is C10H18N2. The molecule has 0 aliphatic carbocycles. The van der Waals surface area contributed by atoms with E-state index in [1.165, 1.54) is 12.8 Å². The third-order valence-electron chi connectivity index (χ3n) is 2.10. The van der Waals surface area contributed by atoms with E-state index in [-0.39, 0.29) is 0 Å². The molecule has 0 atom stereocenters. The molecule has 0 aromatic carbocycles. The average molecular weight is 166 g/mol. The summed E-state index contributed by atoms with van der Waals surface area (Å²) < 4.78 is 2.21. The highest BCUT2D eigenvalue weighted by Crippen LogP contribution is 2.06. The second-order valence-corrected chi connectivity index (χ2v) is 3.70. The van der Waals surface area contributed by atoms with Gasteiger partial charge in [-0.3, -0.25) is 0 Å². The van der Waals surface area contributed by atoms with Crippen molar-refractivity contribution in [1.29, 1.82) is 0 Å². The van der Waals surface area contributed by atoms with E-state index in [4.69, 9.17) is 0 Å². The van der Waals surface area contributed by atoms with Gasteiger partial charge in [-0.2, -0.15) is 0 Å². The van der Waals surface area contributed by atoms with Crippen LogP contribution in [0.25, 0.3) is 0 Å². The maximum atomic E-state index is 4.18. The van der Waals surface area contributed by atoms with Crippen molar-refractivity contribution < 1.29 is 0 Å². The summed E-state index contributed by atoms with van der Waals surface area (Å²) in [7, 11) is 0. The van der Waals surface area contributed by atoms with Crippen LogP contribution in [0, 0.1) is 12.8 Å². The van der Waals surface area contributed by atoms with Gasteiger partial charge in [0, 0.05) is 18.9 Å². The zero-order chi connectivity index (χ0) is 8.97. The summed E-state index contributed by atoms with van der Waals surface area (Å²) in [6, 6.07) is 0. The molecule has 1 aromatic rings. The Kier molecular flexibility index (Phi) is 3.32. The molecule has 0 aliphatic heterocycles. The number of aromatic nitrogens is 2. The van der Waals surface area contributed by atoms with Crippen molar-refractivity contribution in [2.75, 3.05) is 0 Å². The molecule has 68 valence electrons. The monoisotopic (exact) mass is 166 g/mol. The summed E-state index contributed by atoms with van der Waals surface area (Å²) in [4.78, 5) is 4.18. The van der Waals surface area contributed by atoms with Crippen LogP contribution in [0.3, 0.4) is 0 Å². The summed E-state index contributed by atoms with van der Waals surface area (Å²) in [6.45, 7) is 7.70. The highest BCUT2D eigenvalue weighted by Gasteiger charge is 1.97. The SMILES string of the molecule is Cc1nccn1CCCC(C)C. The Morgan fingerprint density at radius 2 is 2.25 bits per heavy atom. The van der Waals surface area contributed by atoms with E-state index >= 15 is 0 Å². The highest BCUT2D eigenvalue weighted by molar-refractivity contribution is 4.87.